The van der Waals surface area contributed by atoms with E-state index in [-0.39, 0.29) is 0 Å². The maximum absolute atomic E-state index is 4.49. The van der Waals surface area contributed by atoms with Gasteiger partial charge in [-0.1, -0.05) is 24.3 Å². The highest BCUT2D eigenvalue weighted by Crippen LogP contribution is 2.29. The van der Waals surface area contributed by atoms with Gasteiger partial charge in [-0.3, -0.25) is 9.97 Å². The van der Waals surface area contributed by atoms with Crippen molar-refractivity contribution in [3.8, 4) is 0 Å². The molecule has 0 saturated carbocycles. The molecule has 1 aromatic carbocycles. The van der Waals surface area contributed by atoms with Crippen molar-refractivity contribution in [2.75, 3.05) is 0 Å². The summed E-state index contributed by atoms with van der Waals surface area (Å²) in [6, 6.07) is 12.5. The van der Waals surface area contributed by atoms with Crippen LogP contribution in [0.25, 0.3) is 11.0 Å². The molecule has 2 nitrogen and oxygen atoms in total. The van der Waals surface area contributed by atoms with Crippen LogP contribution in [0.3, 0.4) is 0 Å². The van der Waals surface area contributed by atoms with Crippen molar-refractivity contribution in [1.29, 1.82) is 0 Å². The van der Waals surface area contributed by atoms with Crippen molar-refractivity contribution < 1.29 is 0 Å². The van der Waals surface area contributed by atoms with E-state index in [1.165, 1.54) is 16.0 Å². The van der Waals surface area contributed by atoms with Gasteiger partial charge in [-0.05, 0) is 46.1 Å². The molecule has 0 saturated heterocycles. The summed E-state index contributed by atoms with van der Waals surface area (Å²) in [7, 11) is 0. The Kier molecular flexibility index (Phi) is 4.03. The fourth-order valence-corrected chi connectivity index (χ4v) is 3.43. The first kappa shape index (κ1) is 13.6. The van der Waals surface area contributed by atoms with Crippen molar-refractivity contribution in [2.45, 2.75) is 17.6 Å². The molecule has 100 valence electrons. The maximum atomic E-state index is 4.49. The molecule has 0 fully saturated rings. The van der Waals surface area contributed by atoms with E-state index in [1.54, 1.807) is 11.8 Å². The van der Waals surface area contributed by atoms with Gasteiger partial charge in [-0.25, -0.2) is 0 Å². The van der Waals surface area contributed by atoms with Crippen LogP contribution in [0.4, 0.5) is 0 Å². The molecule has 0 aliphatic carbocycles. The van der Waals surface area contributed by atoms with E-state index in [4.69, 9.17) is 0 Å². The largest absolute Gasteiger partial charge is 0.254 e. The molecule has 2 aromatic heterocycles. The number of nitrogens with zero attached hydrogens (tertiary/aromatic N) is 2. The molecule has 20 heavy (non-hydrogen) atoms. The number of halogens is 1. The van der Waals surface area contributed by atoms with Crippen LogP contribution in [0.15, 0.2) is 58.2 Å². The fourth-order valence-electron chi connectivity index (χ4n) is 2.03. The van der Waals surface area contributed by atoms with Gasteiger partial charge in [0, 0.05) is 27.5 Å². The standard InChI is InChI=1S/C16H13BrN2S/c1-11-4-2-3-5-12(11)10-20-15-6-7-18-14-8-13(17)9-19-16(14)15/h2-9H,10H2,1H3. The van der Waals surface area contributed by atoms with Crippen molar-refractivity contribution in [3.63, 3.8) is 0 Å². The average molecular weight is 345 g/mol. The zero-order valence-electron chi connectivity index (χ0n) is 11.0. The molecule has 0 unspecified atom stereocenters. The molecular formula is C16H13BrN2S. The number of aromatic nitrogens is 2. The van der Waals surface area contributed by atoms with E-state index in [9.17, 15) is 0 Å². The number of fused-ring (bicyclic) bond motifs is 1. The van der Waals surface area contributed by atoms with Crippen LogP contribution in [0.2, 0.25) is 0 Å². The third-order valence-corrected chi connectivity index (χ3v) is 4.68. The molecule has 0 N–H and O–H groups in total. The summed E-state index contributed by atoms with van der Waals surface area (Å²) in [6.45, 7) is 2.15. The predicted molar refractivity (Wildman–Crippen MR) is 88.0 cm³/mol. The van der Waals surface area contributed by atoms with E-state index >= 15 is 0 Å². The van der Waals surface area contributed by atoms with Crippen LogP contribution in [-0.2, 0) is 5.75 Å². The Morgan fingerprint density at radius 2 is 2.00 bits per heavy atom. The van der Waals surface area contributed by atoms with E-state index in [1.807, 2.05) is 24.5 Å². The lowest BCUT2D eigenvalue weighted by Crippen LogP contribution is -1.88. The second kappa shape index (κ2) is 5.94. The smallest absolute Gasteiger partial charge is 0.102 e. The Balaban J connectivity index is 1.90. The Morgan fingerprint density at radius 3 is 2.85 bits per heavy atom. The molecular weight excluding hydrogens is 332 g/mol. The van der Waals surface area contributed by atoms with Crippen LogP contribution in [0.1, 0.15) is 11.1 Å². The monoisotopic (exact) mass is 344 g/mol. The third-order valence-electron chi connectivity index (χ3n) is 3.15. The van der Waals surface area contributed by atoms with E-state index < -0.39 is 0 Å². The van der Waals surface area contributed by atoms with Crippen molar-refractivity contribution >= 4 is 38.7 Å². The van der Waals surface area contributed by atoms with Gasteiger partial charge >= 0.3 is 0 Å². The average Bonchev–Trinajstić information content (AvgIpc) is 2.46. The van der Waals surface area contributed by atoms with Gasteiger partial charge in [0.25, 0.3) is 0 Å². The second-order valence-corrected chi connectivity index (χ2v) is 6.48. The molecule has 0 spiro atoms. The van der Waals surface area contributed by atoms with Crippen molar-refractivity contribution in [3.05, 3.63) is 64.4 Å². The summed E-state index contributed by atoms with van der Waals surface area (Å²) >= 11 is 5.24. The molecule has 4 heteroatoms. The molecule has 3 rings (SSSR count). The van der Waals surface area contributed by atoms with Crippen LogP contribution in [-0.4, -0.2) is 9.97 Å². The summed E-state index contributed by atoms with van der Waals surface area (Å²) in [5, 5.41) is 0. The van der Waals surface area contributed by atoms with E-state index in [0.717, 1.165) is 21.3 Å². The molecule has 3 aromatic rings. The molecule has 2 heterocycles. The highest BCUT2D eigenvalue weighted by atomic mass is 79.9. The van der Waals surface area contributed by atoms with Crippen LogP contribution in [0, 0.1) is 6.92 Å². The summed E-state index contributed by atoms with van der Waals surface area (Å²) in [5.74, 6) is 0.948. The number of hydrogen-bond donors (Lipinski definition) is 0. The Hall–Kier alpha value is -1.39. The Morgan fingerprint density at radius 1 is 1.15 bits per heavy atom. The van der Waals surface area contributed by atoms with Crippen LogP contribution >= 0.6 is 27.7 Å². The number of benzene rings is 1. The molecule has 0 amide bonds. The summed E-state index contributed by atoms with van der Waals surface area (Å²) in [5.41, 5.74) is 4.58. The number of aryl methyl sites for hydroxylation is 1. The van der Waals surface area contributed by atoms with Gasteiger partial charge in [-0.15, -0.1) is 11.8 Å². The first-order chi connectivity index (χ1) is 9.74. The van der Waals surface area contributed by atoms with Crippen LogP contribution in [0.5, 0.6) is 0 Å². The normalized spacial score (nSPS) is 10.9. The minimum absolute atomic E-state index is 0.925. The highest BCUT2D eigenvalue weighted by molar-refractivity contribution is 9.10. The highest BCUT2D eigenvalue weighted by Gasteiger charge is 2.06. The number of hydrogen-bond acceptors (Lipinski definition) is 3. The second-order valence-electron chi connectivity index (χ2n) is 4.55. The van der Waals surface area contributed by atoms with Gasteiger partial charge in [0.15, 0.2) is 0 Å². The summed E-state index contributed by atoms with van der Waals surface area (Å²) < 4.78 is 0.957. The predicted octanol–water partition coefficient (Wildman–Crippen LogP) is 4.99. The third kappa shape index (κ3) is 2.86. The molecule has 0 radical (unpaired) electrons. The SMILES string of the molecule is Cc1ccccc1CSc1ccnc2cc(Br)cnc12. The van der Waals surface area contributed by atoms with Gasteiger partial charge < -0.3 is 0 Å². The number of pyridine rings is 2. The number of thioether (sulfide) groups is 1. The van der Waals surface area contributed by atoms with Gasteiger partial charge in [0.1, 0.15) is 5.52 Å². The minimum Gasteiger partial charge on any atom is -0.254 e. The van der Waals surface area contributed by atoms with Gasteiger partial charge in [0.05, 0.1) is 5.52 Å². The molecule has 0 atom stereocenters. The minimum atomic E-state index is 0.925. The molecule has 0 aliphatic heterocycles. The zero-order valence-corrected chi connectivity index (χ0v) is 13.4. The Bertz CT molecular complexity index is 758. The first-order valence-electron chi connectivity index (χ1n) is 6.31. The Labute approximate surface area is 130 Å². The van der Waals surface area contributed by atoms with Crippen molar-refractivity contribution in [2.24, 2.45) is 0 Å². The fraction of sp³-hybridized carbons (Fsp3) is 0.125. The van der Waals surface area contributed by atoms with Gasteiger partial charge in [-0.2, -0.15) is 0 Å². The zero-order chi connectivity index (χ0) is 13.9. The molecule has 0 bridgehead atoms. The summed E-state index contributed by atoms with van der Waals surface area (Å²) in [4.78, 5) is 10.0. The molecule has 0 aliphatic rings. The summed E-state index contributed by atoms with van der Waals surface area (Å²) in [6.07, 6.45) is 3.67. The van der Waals surface area contributed by atoms with E-state index in [2.05, 4.69) is 57.1 Å². The van der Waals surface area contributed by atoms with Crippen molar-refractivity contribution in [1.82, 2.24) is 9.97 Å². The van der Waals surface area contributed by atoms with Crippen LogP contribution < -0.4 is 0 Å². The quantitative estimate of drug-likeness (QED) is 0.625. The maximum Gasteiger partial charge on any atom is 0.102 e. The van der Waals surface area contributed by atoms with E-state index in [0.29, 0.717) is 0 Å². The first-order valence-corrected chi connectivity index (χ1v) is 8.09. The lowest BCUT2D eigenvalue weighted by molar-refractivity contribution is 1.26. The lowest BCUT2D eigenvalue weighted by Gasteiger charge is -2.07. The lowest BCUT2D eigenvalue weighted by atomic mass is 10.1. The van der Waals surface area contributed by atoms with Gasteiger partial charge in [0.2, 0.25) is 0 Å². The topological polar surface area (TPSA) is 25.8 Å². The number of rotatable bonds is 3.